The van der Waals surface area contributed by atoms with E-state index in [0.29, 0.717) is 17.7 Å². The molecule has 20 heavy (non-hydrogen) atoms. The number of alkyl halides is 2. The van der Waals surface area contributed by atoms with Crippen molar-refractivity contribution in [3.63, 3.8) is 0 Å². The summed E-state index contributed by atoms with van der Waals surface area (Å²) < 4.78 is 29.4. The molecule has 0 amide bonds. The van der Waals surface area contributed by atoms with Gasteiger partial charge in [0.1, 0.15) is 5.75 Å². The number of halogens is 3. The molecule has 0 bridgehead atoms. The average molecular weight is 344 g/mol. The summed E-state index contributed by atoms with van der Waals surface area (Å²) in [5.74, 6) is 0.0281. The average Bonchev–Trinajstić information content (AvgIpc) is 2.41. The number of hydrogen-bond donors (Lipinski definition) is 1. The van der Waals surface area contributed by atoms with Gasteiger partial charge in [-0.15, -0.1) is 0 Å². The first-order valence-electron chi connectivity index (χ1n) is 5.88. The second-order valence-electron chi connectivity index (χ2n) is 4.14. The Morgan fingerprint density at radius 2 is 2.05 bits per heavy atom. The number of benzene rings is 1. The maximum atomic E-state index is 12.1. The SMILES string of the molecule is OC(Cc1ccc(Br)cn1)c1cccc(OC(F)F)c1. The van der Waals surface area contributed by atoms with Crippen LogP contribution >= 0.6 is 15.9 Å². The van der Waals surface area contributed by atoms with Crippen molar-refractivity contribution in [2.24, 2.45) is 0 Å². The summed E-state index contributed by atoms with van der Waals surface area (Å²) in [6.45, 7) is -2.88. The van der Waals surface area contributed by atoms with Crippen molar-refractivity contribution < 1.29 is 18.6 Å². The highest BCUT2D eigenvalue weighted by Gasteiger charge is 2.12. The molecule has 3 nitrogen and oxygen atoms in total. The minimum atomic E-state index is -2.88. The van der Waals surface area contributed by atoms with E-state index in [0.717, 1.165) is 4.47 Å². The van der Waals surface area contributed by atoms with Crippen molar-refractivity contribution in [3.8, 4) is 5.75 Å². The Kier molecular flexibility index (Phi) is 5.03. The van der Waals surface area contributed by atoms with Gasteiger partial charge in [0.2, 0.25) is 0 Å². The number of hydrogen-bond acceptors (Lipinski definition) is 3. The molecule has 6 heteroatoms. The zero-order valence-corrected chi connectivity index (χ0v) is 11.9. The van der Waals surface area contributed by atoms with Crippen LogP contribution in [0.25, 0.3) is 0 Å². The topological polar surface area (TPSA) is 42.4 Å². The Hall–Kier alpha value is -1.53. The van der Waals surface area contributed by atoms with Gasteiger partial charge in [0.05, 0.1) is 6.10 Å². The molecular formula is C14H12BrF2NO2. The van der Waals surface area contributed by atoms with E-state index in [4.69, 9.17) is 0 Å². The standard InChI is InChI=1S/C14H12BrF2NO2/c15-10-4-5-11(18-8-10)7-13(19)9-2-1-3-12(6-9)20-14(16)17/h1-6,8,13-14,19H,7H2. The van der Waals surface area contributed by atoms with Crippen LogP contribution < -0.4 is 4.74 Å². The normalized spacial score (nSPS) is 12.4. The first-order chi connectivity index (χ1) is 9.54. The van der Waals surface area contributed by atoms with Gasteiger partial charge in [-0.3, -0.25) is 4.98 Å². The fraction of sp³-hybridized carbons (Fsp3) is 0.214. The Morgan fingerprint density at radius 1 is 1.25 bits per heavy atom. The molecular weight excluding hydrogens is 332 g/mol. The first-order valence-corrected chi connectivity index (χ1v) is 6.67. The highest BCUT2D eigenvalue weighted by molar-refractivity contribution is 9.10. The van der Waals surface area contributed by atoms with Crippen molar-refractivity contribution in [1.82, 2.24) is 4.98 Å². The van der Waals surface area contributed by atoms with Gasteiger partial charge in [-0.1, -0.05) is 12.1 Å². The summed E-state index contributed by atoms with van der Waals surface area (Å²) in [5, 5.41) is 10.1. The molecule has 0 radical (unpaired) electrons. The third-order valence-corrected chi connectivity index (χ3v) is 3.13. The molecule has 2 rings (SSSR count). The van der Waals surface area contributed by atoms with Crippen LogP contribution in [-0.2, 0) is 6.42 Å². The van der Waals surface area contributed by atoms with Gasteiger partial charge < -0.3 is 9.84 Å². The lowest BCUT2D eigenvalue weighted by molar-refractivity contribution is -0.0499. The molecule has 0 aliphatic rings. The minimum Gasteiger partial charge on any atom is -0.435 e. The van der Waals surface area contributed by atoms with Crippen LogP contribution in [0.1, 0.15) is 17.4 Å². The van der Waals surface area contributed by atoms with E-state index < -0.39 is 12.7 Å². The lowest BCUT2D eigenvalue weighted by Crippen LogP contribution is -2.05. The second-order valence-corrected chi connectivity index (χ2v) is 5.05. The molecule has 2 aromatic rings. The summed E-state index contributed by atoms with van der Waals surface area (Å²) in [6, 6.07) is 9.64. The Balaban J connectivity index is 2.08. The van der Waals surface area contributed by atoms with E-state index >= 15 is 0 Å². The summed E-state index contributed by atoms with van der Waals surface area (Å²) >= 11 is 3.28. The van der Waals surface area contributed by atoms with E-state index in [2.05, 4.69) is 25.7 Å². The largest absolute Gasteiger partial charge is 0.435 e. The van der Waals surface area contributed by atoms with Gasteiger partial charge in [-0.25, -0.2) is 0 Å². The number of aliphatic hydroxyl groups is 1. The lowest BCUT2D eigenvalue weighted by atomic mass is 10.0. The Labute approximate surface area is 123 Å². The van der Waals surface area contributed by atoms with E-state index in [-0.39, 0.29) is 5.75 Å². The highest BCUT2D eigenvalue weighted by Crippen LogP contribution is 2.23. The maximum absolute atomic E-state index is 12.1. The smallest absolute Gasteiger partial charge is 0.387 e. The van der Waals surface area contributed by atoms with Crippen LogP contribution in [0.4, 0.5) is 8.78 Å². The second kappa shape index (κ2) is 6.76. The maximum Gasteiger partial charge on any atom is 0.387 e. The highest BCUT2D eigenvalue weighted by atomic mass is 79.9. The predicted octanol–water partition coefficient (Wildman–Crippen LogP) is 3.72. The number of pyridine rings is 1. The van der Waals surface area contributed by atoms with E-state index in [1.807, 2.05) is 6.07 Å². The van der Waals surface area contributed by atoms with Crippen molar-refractivity contribution in [1.29, 1.82) is 0 Å². The molecule has 106 valence electrons. The number of nitrogens with zero attached hydrogens (tertiary/aromatic N) is 1. The molecule has 1 N–H and O–H groups in total. The van der Waals surface area contributed by atoms with Gasteiger partial charge in [-0.05, 0) is 45.8 Å². The van der Waals surface area contributed by atoms with Crippen molar-refractivity contribution in [3.05, 3.63) is 58.3 Å². The van der Waals surface area contributed by atoms with Crippen molar-refractivity contribution in [2.45, 2.75) is 19.1 Å². The van der Waals surface area contributed by atoms with Gasteiger partial charge in [0, 0.05) is 22.8 Å². The molecule has 0 aliphatic heterocycles. The fourth-order valence-corrected chi connectivity index (χ4v) is 1.98. The number of aromatic nitrogens is 1. The molecule has 0 saturated heterocycles. The van der Waals surface area contributed by atoms with Crippen LogP contribution in [0.2, 0.25) is 0 Å². The number of aliphatic hydroxyl groups excluding tert-OH is 1. The first kappa shape index (κ1) is 14.9. The van der Waals surface area contributed by atoms with Crippen LogP contribution in [0.3, 0.4) is 0 Å². The summed E-state index contributed by atoms with van der Waals surface area (Å²) in [5.41, 5.74) is 1.22. The Bertz CT molecular complexity index is 563. The van der Waals surface area contributed by atoms with E-state index in [9.17, 15) is 13.9 Å². The van der Waals surface area contributed by atoms with Gasteiger partial charge in [0.25, 0.3) is 0 Å². The van der Waals surface area contributed by atoms with Crippen molar-refractivity contribution >= 4 is 15.9 Å². The molecule has 0 spiro atoms. The zero-order chi connectivity index (χ0) is 14.5. The molecule has 1 unspecified atom stereocenters. The van der Waals surface area contributed by atoms with Gasteiger partial charge >= 0.3 is 6.61 Å². The minimum absolute atomic E-state index is 0.0281. The fourth-order valence-electron chi connectivity index (χ4n) is 1.74. The lowest BCUT2D eigenvalue weighted by Gasteiger charge is -2.12. The number of rotatable bonds is 5. The summed E-state index contributed by atoms with van der Waals surface area (Å²) in [6.07, 6.45) is 1.11. The molecule has 1 aromatic heterocycles. The summed E-state index contributed by atoms with van der Waals surface area (Å²) in [7, 11) is 0. The Morgan fingerprint density at radius 3 is 2.70 bits per heavy atom. The van der Waals surface area contributed by atoms with Crippen molar-refractivity contribution in [2.75, 3.05) is 0 Å². The van der Waals surface area contributed by atoms with Gasteiger partial charge in [-0.2, -0.15) is 8.78 Å². The molecule has 0 aliphatic carbocycles. The van der Waals surface area contributed by atoms with E-state index in [1.54, 1.807) is 24.4 Å². The van der Waals surface area contributed by atoms with Crippen LogP contribution in [0, 0.1) is 0 Å². The van der Waals surface area contributed by atoms with Crippen LogP contribution in [0.5, 0.6) is 5.75 Å². The molecule has 1 heterocycles. The third kappa shape index (κ3) is 4.25. The van der Waals surface area contributed by atoms with Crippen LogP contribution in [0.15, 0.2) is 47.1 Å². The quantitative estimate of drug-likeness (QED) is 0.899. The zero-order valence-electron chi connectivity index (χ0n) is 10.3. The van der Waals surface area contributed by atoms with Gasteiger partial charge in [0.15, 0.2) is 0 Å². The third-order valence-electron chi connectivity index (χ3n) is 2.66. The van der Waals surface area contributed by atoms with Crippen LogP contribution in [-0.4, -0.2) is 16.7 Å². The molecule has 1 atom stereocenters. The molecule has 0 fully saturated rings. The molecule has 1 aromatic carbocycles. The molecule has 0 saturated carbocycles. The predicted molar refractivity (Wildman–Crippen MR) is 73.7 cm³/mol. The van der Waals surface area contributed by atoms with E-state index in [1.165, 1.54) is 12.1 Å². The number of ether oxygens (including phenoxy) is 1. The summed E-state index contributed by atoms with van der Waals surface area (Å²) in [4.78, 5) is 4.16. The monoisotopic (exact) mass is 343 g/mol.